The molecule has 1 atom stereocenters. The maximum absolute atomic E-state index is 14.1. The van der Waals surface area contributed by atoms with Crippen molar-refractivity contribution in [3.63, 3.8) is 0 Å². The number of allylic oxidation sites excluding steroid dienone is 3. The highest BCUT2D eigenvalue weighted by Crippen LogP contribution is 2.49. The summed E-state index contributed by atoms with van der Waals surface area (Å²) in [5.41, 5.74) is -3.37. The topological polar surface area (TPSA) is 12.5 Å². The summed E-state index contributed by atoms with van der Waals surface area (Å²) in [6.45, 7) is 5.47. The minimum Gasteiger partial charge on any atom is -0.368 e. The third-order valence-electron chi connectivity index (χ3n) is 11.4. The second-order valence-corrected chi connectivity index (χ2v) is 14.3. The molecule has 1 unspecified atom stereocenters. The lowest BCUT2D eigenvalue weighted by Crippen LogP contribution is -2.25. The van der Waals surface area contributed by atoms with Crippen molar-refractivity contribution in [2.75, 3.05) is 6.61 Å². The number of ether oxygens (including phenoxy) is 1. The minimum absolute atomic E-state index is 0.0126. The van der Waals surface area contributed by atoms with Crippen LogP contribution in [0.3, 0.4) is 0 Å². The molecule has 44 heavy (non-hydrogen) atoms. The number of hydrogen-bond acceptors (Lipinski definition) is 1. The standard InChI is InChI=1S/C37H50F6O/c1-3-25-8-10-27(11-9-25)12-13-28-16-20-30(21-17-28)29-18-14-26(15-19-29)6-4-5-7-31-24(2)22-32(33-23-44-33)35(37(41,42)43)34(31)36(38,39)40/h3,12-13,22,25-30,33H,1,4-11,14-21,23H2,2H3/b13-12+. The summed E-state index contributed by atoms with van der Waals surface area (Å²) in [5.74, 6) is 4.37. The molecule has 0 aromatic heterocycles. The monoisotopic (exact) mass is 624 g/mol. The number of alkyl halides is 6. The van der Waals surface area contributed by atoms with Crippen molar-refractivity contribution in [2.24, 2.45) is 35.5 Å². The minimum atomic E-state index is -5.09. The Hall–Kier alpha value is -1.76. The van der Waals surface area contributed by atoms with Gasteiger partial charge in [-0.3, -0.25) is 0 Å². The van der Waals surface area contributed by atoms with E-state index in [9.17, 15) is 26.3 Å². The molecule has 0 bridgehead atoms. The molecule has 4 aliphatic rings. The number of epoxide rings is 1. The van der Waals surface area contributed by atoms with Crippen LogP contribution in [0, 0.1) is 42.4 Å². The third-order valence-corrected chi connectivity index (χ3v) is 11.4. The molecule has 5 rings (SSSR count). The Morgan fingerprint density at radius 2 is 1.23 bits per heavy atom. The molecule has 4 fully saturated rings. The summed E-state index contributed by atoms with van der Waals surface area (Å²) in [5, 5.41) is 0. The second kappa shape index (κ2) is 14.3. The van der Waals surface area contributed by atoms with E-state index in [1.807, 2.05) is 0 Å². The molecule has 1 saturated heterocycles. The Morgan fingerprint density at radius 1 is 0.727 bits per heavy atom. The van der Waals surface area contributed by atoms with Gasteiger partial charge in [0.2, 0.25) is 0 Å². The van der Waals surface area contributed by atoms with Gasteiger partial charge in [-0.2, -0.15) is 26.3 Å². The fourth-order valence-corrected chi connectivity index (χ4v) is 8.69. The summed E-state index contributed by atoms with van der Waals surface area (Å²) >= 11 is 0. The SMILES string of the molecule is C=CC1CCC(/C=C/C2CCC(C3CCC(CCCCc4c(C)cc(C5CO5)c(C(F)(F)F)c4C(F)(F)F)CC3)CC2)CC1. The molecular formula is C37H50F6O. The Kier molecular flexibility index (Phi) is 11.0. The quantitative estimate of drug-likeness (QED) is 0.109. The van der Waals surface area contributed by atoms with Gasteiger partial charge in [0.25, 0.3) is 0 Å². The number of unbranched alkanes of at least 4 members (excludes halogenated alkanes) is 1. The Labute approximate surface area is 259 Å². The Morgan fingerprint density at radius 3 is 1.73 bits per heavy atom. The highest BCUT2D eigenvalue weighted by molar-refractivity contribution is 5.50. The van der Waals surface area contributed by atoms with Crippen LogP contribution in [-0.4, -0.2) is 6.61 Å². The van der Waals surface area contributed by atoms with E-state index in [0.29, 0.717) is 18.3 Å². The number of aryl methyl sites for hydroxylation is 1. The highest BCUT2D eigenvalue weighted by Gasteiger charge is 2.49. The summed E-state index contributed by atoms with van der Waals surface area (Å²) < 4.78 is 89.0. The predicted octanol–water partition coefficient (Wildman–Crippen LogP) is 12.0. The average Bonchev–Trinajstić information content (AvgIpc) is 3.84. The lowest BCUT2D eigenvalue weighted by atomic mass is 9.68. The number of rotatable bonds is 10. The number of halogens is 6. The highest BCUT2D eigenvalue weighted by atomic mass is 19.4. The van der Waals surface area contributed by atoms with Crippen LogP contribution in [0.2, 0.25) is 0 Å². The van der Waals surface area contributed by atoms with Gasteiger partial charge in [-0.25, -0.2) is 0 Å². The molecule has 7 heteroatoms. The number of benzene rings is 1. The smallest absolute Gasteiger partial charge is 0.368 e. The molecule has 3 aliphatic carbocycles. The number of hydrogen-bond donors (Lipinski definition) is 0. The zero-order valence-electron chi connectivity index (χ0n) is 26.3. The van der Waals surface area contributed by atoms with Crippen molar-refractivity contribution in [1.29, 1.82) is 0 Å². The Balaban J connectivity index is 1.05. The first-order valence-electron chi connectivity index (χ1n) is 17.2. The lowest BCUT2D eigenvalue weighted by molar-refractivity contribution is -0.163. The van der Waals surface area contributed by atoms with E-state index in [-0.39, 0.29) is 29.7 Å². The largest absolute Gasteiger partial charge is 0.417 e. The summed E-state index contributed by atoms with van der Waals surface area (Å²) in [6, 6.07) is 1.27. The van der Waals surface area contributed by atoms with Crippen molar-refractivity contribution >= 4 is 0 Å². The molecule has 1 heterocycles. The lowest BCUT2D eigenvalue weighted by Gasteiger charge is -2.37. The average molecular weight is 625 g/mol. The molecule has 0 amide bonds. The van der Waals surface area contributed by atoms with Gasteiger partial charge in [0.15, 0.2) is 0 Å². The van der Waals surface area contributed by atoms with Gasteiger partial charge >= 0.3 is 12.4 Å². The van der Waals surface area contributed by atoms with E-state index < -0.39 is 29.6 Å². The van der Waals surface area contributed by atoms with Gasteiger partial charge in [-0.1, -0.05) is 50.0 Å². The van der Waals surface area contributed by atoms with Crippen LogP contribution in [0.15, 0.2) is 30.9 Å². The molecule has 1 nitrogen and oxygen atoms in total. The maximum Gasteiger partial charge on any atom is 0.417 e. The van der Waals surface area contributed by atoms with Crippen molar-refractivity contribution in [2.45, 2.75) is 128 Å². The predicted molar refractivity (Wildman–Crippen MR) is 163 cm³/mol. The van der Waals surface area contributed by atoms with Crippen LogP contribution >= 0.6 is 0 Å². The van der Waals surface area contributed by atoms with Gasteiger partial charge < -0.3 is 4.74 Å². The van der Waals surface area contributed by atoms with Crippen molar-refractivity contribution in [3.05, 3.63) is 58.7 Å². The summed E-state index contributed by atoms with van der Waals surface area (Å²) in [7, 11) is 0. The third kappa shape index (κ3) is 8.53. The van der Waals surface area contributed by atoms with Crippen LogP contribution in [0.1, 0.15) is 130 Å². The zero-order valence-corrected chi connectivity index (χ0v) is 26.3. The molecule has 1 aliphatic heterocycles. The summed E-state index contributed by atoms with van der Waals surface area (Å²) in [6.07, 6.45) is 13.4. The maximum atomic E-state index is 14.1. The first kappa shape index (κ1) is 33.6. The van der Waals surface area contributed by atoms with E-state index in [0.717, 1.165) is 36.5 Å². The fraction of sp³-hybridized carbons (Fsp3) is 0.730. The van der Waals surface area contributed by atoms with Crippen LogP contribution in [0.5, 0.6) is 0 Å². The molecule has 0 spiro atoms. The Bertz CT molecular complexity index is 1120. The van der Waals surface area contributed by atoms with Crippen LogP contribution in [0.25, 0.3) is 0 Å². The van der Waals surface area contributed by atoms with Gasteiger partial charge in [-0.05, 0) is 136 Å². The van der Waals surface area contributed by atoms with Crippen LogP contribution in [0.4, 0.5) is 26.3 Å². The molecule has 0 radical (unpaired) electrons. The molecule has 0 N–H and O–H groups in total. The van der Waals surface area contributed by atoms with E-state index in [1.165, 1.54) is 90.0 Å². The van der Waals surface area contributed by atoms with Crippen LogP contribution in [-0.2, 0) is 23.5 Å². The summed E-state index contributed by atoms with van der Waals surface area (Å²) in [4.78, 5) is 0. The molecule has 1 aromatic rings. The van der Waals surface area contributed by atoms with Gasteiger partial charge in [0.05, 0.1) is 17.7 Å². The van der Waals surface area contributed by atoms with Crippen molar-refractivity contribution in [3.8, 4) is 0 Å². The van der Waals surface area contributed by atoms with E-state index >= 15 is 0 Å². The van der Waals surface area contributed by atoms with Crippen LogP contribution < -0.4 is 0 Å². The normalized spacial score (nSPS) is 31.8. The zero-order chi connectivity index (χ0) is 31.5. The van der Waals surface area contributed by atoms with E-state index in [2.05, 4.69) is 24.8 Å². The van der Waals surface area contributed by atoms with E-state index in [4.69, 9.17) is 4.74 Å². The fourth-order valence-electron chi connectivity index (χ4n) is 8.69. The molecule has 3 saturated carbocycles. The van der Waals surface area contributed by atoms with Gasteiger partial charge in [-0.15, -0.1) is 6.58 Å². The van der Waals surface area contributed by atoms with Crippen molar-refractivity contribution < 1.29 is 31.1 Å². The first-order chi connectivity index (χ1) is 20.9. The molecule has 1 aromatic carbocycles. The van der Waals surface area contributed by atoms with E-state index in [1.54, 1.807) is 0 Å². The second-order valence-electron chi connectivity index (χ2n) is 14.3. The van der Waals surface area contributed by atoms with Crippen molar-refractivity contribution in [1.82, 2.24) is 0 Å². The molecular weight excluding hydrogens is 574 g/mol. The van der Waals surface area contributed by atoms with Gasteiger partial charge in [0.1, 0.15) is 6.10 Å². The van der Waals surface area contributed by atoms with Gasteiger partial charge in [0, 0.05) is 0 Å². The molecule has 246 valence electrons. The first-order valence-corrected chi connectivity index (χ1v) is 17.2.